The molecular weight excluding hydrogens is 252 g/mol. The monoisotopic (exact) mass is 276 g/mol. The first-order valence-corrected chi connectivity index (χ1v) is 8.31. The standard InChI is InChI=1S/C12H24N2O3S/c1-12(2,18(3,16)17)9-14-11(15)8-10-6-4-5-7-13-10/h10,13H,4-9H2,1-3H3,(H,14,15). The third-order valence-corrected chi connectivity index (χ3v) is 5.71. The number of amides is 1. The first kappa shape index (κ1) is 15.4. The second-order valence-electron chi connectivity index (χ2n) is 5.66. The van der Waals surface area contributed by atoms with Crippen LogP contribution < -0.4 is 10.6 Å². The fraction of sp³-hybridized carbons (Fsp3) is 0.917. The van der Waals surface area contributed by atoms with Crippen LogP contribution in [0, 0.1) is 0 Å². The Bertz CT molecular complexity index is 384. The Morgan fingerprint density at radius 3 is 2.56 bits per heavy atom. The number of sulfone groups is 1. The fourth-order valence-corrected chi connectivity index (χ4v) is 2.17. The van der Waals surface area contributed by atoms with Gasteiger partial charge in [0.15, 0.2) is 9.84 Å². The molecule has 1 amide bonds. The molecule has 0 spiro atoms. The molecule has 1 aliphatic rings. The van der Waals surface area contributed by atoms with Crippen LogP contribution in [0.4, 0.5) is 0 Å². The number of piperidine rings is 1. The first-order chi connectivity index (χ1) is 8.22. The molecule has 0 saturated carbocycles. The quantitative estimate of drug-likeness (QED) is 0.765. The van der Waals surface area contributed by atoms with Crippen LogP contribution in [-0.4, -0.2) is 44.5 Å². The minimum Gasteiger partial charge on any atom is -0.354 e. The van der Waals surface area contributed by atoms with E-state index in [1.807, 2.05) is 0 Å². The molecule has 106 valence electrons. The molecule has 0 aromatic carbocycles. The van der Waals surface area contributed by atoms with Crippen molar-refractivity contribution in [3.05, 3.63) is 0 Å². The molecule has 1 atom stereocenters. The lowest BCUT2D eigenvalue weighted by Gasteiger charge is -2.25. The molecule has 0 aromatic heterocycles. The number of carbonyl (C=O) groups excluding carboxylic acids is 1. The zero-order chi connectivity index (χ0) is 13.8. The lowest BCUT2D eigenvalue weighted by molar-refractivity contribution is -0.121. The summed E-state index contributed by atoms with van der Waals surface area (Å²) in [6.45, 7) is 4.38. The van der Waals surface area contributed by atoms with Crippen LogP contribution in [0.15, 0.2) is 0 Å². The van der Waals surface area contributed by atoms with Crippen molar-refractivity contribution in [1.82, 2.24) is 10.6 Å². The van der Waals surface area contributed by atoms with Crippen LogP contribution in [0.2, 0.25) is 0 Å². The van der Waals surface area contributed by atoms with E-state index in [0.717, 1.165) is 19.4 Å². The van der Waals surface area contributed by atoms with Gasteiger partial charge in [0.05, 0.1) is 4.75 Å². The van der Waals surface area contributed by atoms with Crippen molar-refractivity contribution in [2.24, 2.45) is 0 Å². The van der Waals surface area contributed by atoms with Gasteiger partial charge in [-0.15, -0.1) is 0 Å². The van der Waals surface area contributed by atoms with Crippen molar-refractivity contribution in [3.8, 4) is 0 Å². The number of rotatable bonds is 5. The van der Waals surface area contributed by atoms with E-state index in [9.17, 15) is 13.2 Å². The molecule has 1 rings (SSSR count). The predicted molar refractivity (Wildman–Crippen MR) is 72.2 cm³/mol. The van der Waals surface area contributed by atoms with Crippen LogP contribution in [0.25, 0.3) is 0 Å². The molecule has 1 fully saturated rings. The van der Waals surface area contributed by atoms with E-state index >= 15 is 0 Å². The summed E-state index contributed by atoms with van der Waals surface area (Å²) in [6.07, 6.45) is 4.96. The second kappa shape index (κ2) is 6.02. The zero-order valence-electron chi connectivity index (χ0n) is 11.5. The summed E-state index contributed by atoms with van der Waals surface area (Å²) in [4.78, 5) is 11.7. The van der Waals surface area contributed by atoms with E-state index in [0.29, 0.717) is 6.42 Å². The second-order valence-corrected chi connectivity index (χ2v) is 8.31. The summed E-state index contributed by atoms with van der Waals surface area (Å²) in [7, 11) is -3.16. The molecule has 6 heteroatoms. The average Bonchev–Trinajstić information content (AvgIpc) is 2.26. The Labute approximate surface area is 110 Å². The highest BCUT2D eigenvalue weighted by Gasteiger charge is 2.30. The highest BCUT2D eigenvalue weighted by Crippen LogP contribution is 2.14. The van der Waals surface area contributed by atoms with E-state index in [1.165, 1.54) is 12.7 Å². The summed E-state index contributed by atoms with van der Waals surface area (Å²) >= 11 is 0. The van der Waals surface area contributed by atoms with E-state index in [-0.39, 0.29) is 18.5 Å². The van der Waals surface area contributed by atoms with E-state index in [4.69, 9.17) is 0 Å². The van der Waals surface area contributed by atoms with Crippen molar-refractivity contribution >= 4 is 15.7 Å². The Morgan fingerprint density at radius 2 is 2.06 bits per heavy atom. The average molecular weight is 276 g/mol. The minimum atomic E-state index is -3.16. The van der Waals surface area contributed by atoms with Crippen LogP contribution in [0.1, 0.15) is 39.5 Å². The van der Waals surface area contributed by atoms with E-state index in [2.05, 4.69) is 10.6 Å². The molecule has 0 aromatic rings. The number of hydrogen-bond acceptors (Lipinski definition) is 4. The van der Waals surface area contributed by atoms with Gasteiger partial charge in [0.25, 0.3) is 0 Å². The summed E-state index contributed by atoms with van der Waals surface area (Å²) < 4.78 is 22.1. The van der Waals surface area contributed by atoms with Gasteiger partial charge in [-0.2, -0.15) is 0 Å². The molecule has 1 heterocycles. The highest BCUT2D eigenvalue weighted by atomic mass is 32.2. The maximum Gasteiger partial charge on any atom is 0.221 e. The minimum absolute atomic E-state index is 0.0777. The summed E-state index contributed by atoms with van der Waals surface area (Å²) in [5.41, 5.74) is 0. The Balaban J connectivity index is 2.37. The summed E-state index contributed by atoms with van der Waals surface area (Å²) in [6, 6.07) is 0.236. The lowest BCUT2D eigenvalue weighted by Crippen LogP contribution is -2.45. The zero-order valence-corrected chi connectivity index (χ0v) is 12.3. The van der Waals surface area contributed by atoms with Gasteiger partial charge in [-0.05, 0) is 33.2 Å². The van der Waals surface area contributed by atoms with Crippen molar-refractivity contribution in [3.63, 3.8) is 0 Å². The maximum absolute atomic E-state index is 11.7. The lowest BCUT2D eigenvalue weighted by atomic mass is 10.0. The third kappa shape index (κ3) is 4.57. The van der Waals surface area contributed by atoms with Crippen molar-refractivity contribution < 1.29 is 13.2 Å². The molecule has 5 nitrogen and oxygen atoms in total. The van der Waals surface area contributed by atoms with Gasteiger partial charge in [-0.25, -0.2) is 8.42 Å². The number of nitrogens with one attached hydrogen (secondary N) is 2. The Hall–Kier alpha value is -0.620. The highest BCUT2D eigenvalue weighted by molar-refractivity contribution is 7.92. The van der Waals surface area contributed by atoms with Gasteiger partial charge in [0, 0.05) is 25.3 Å². The molecule has 2 N–H and O–H groups in total. The molecule has 18 heavy (non-hydrogen) atoms. The first-order valence-electron chi connectivity index (χ1n) is 6.42. The molecule has 1 saturated heterocycles. The van der Waals surface area contributed by atoms with Crippen molar-refractivity contribution in [1.29, 1.82) is 0 Å². The van der Waals surface area contributed by atoms with Gasteiger partial charge < -0.3 is 10.6 Å². The summed E-state index contributed by atoms with van der Waals surface area (Å²) in [5.74, 6) is -0.0777. The van der Waals surface area contributed by atoms with Crippen LogP contribution >= 0.6 is 0 Å². The topological polar surface area (TPSA) is 75.3 Å². The van der Waals surface area contributed by atoms with E-state index in [1.54, 1.807) is 13.8 Å². The molecule has 1 unspecified atom stereocenters. The van der Waals surface area contributed by atoms with Gasteiger partial charge in [0.1, 0.15) is 0 Å². The summed E-state index contributed by atoms with van der Waals surface area (Å²) in [5, 5.41) is 6.02. The van der Waals surface area contributed by atoms with Gasteiger partial charge in [-0.1, -0.05) is 6.42 Å². The molecule has 0 radical (unpaired) electrons. The Morgan fingerprint density at radius 1 is 1.39 bits per heavy atom. The number of carbonyl (C=O) groups is 1. The van der Waals surface area contributed by atoms with Gasteiger partial charge >= 0.3 is 0 Å². The van der Waals surface area contributed by atoms with Crippen LogP contribution in [-0.2, 0) is 14.6 Å². The van der Waals surface area contributed by atoms with Crippen molar-refractivity contribution in [2.75, 3.05) is 19.3 Å². The van der Waals surface area contributed by atoms with Gasteiger partial charge in [-0.3, -0.25) is 4.79 Å². The predicted octanol–water partition coefficient (Wildman–Crippen LogP) is 0.458. The normalized spacial score (nSPS) is 21.6. The van der Waals surface area contributed by atoms with Crippen molar-refractivity contribution in [2.45, 2.75) is 50.3 Å². The molecule has 1 aliphatic heterocycles. The van der Waals surface area contributed by atoms with Crippen LogP contribution in [0.3, 0.4) is 0 Å². The largest absolute Gasteiger partial charge is 0.354 e. The number of hydrogen-bond donors (Lipinski definition) is 2. The van der Waals surface area contributed by atoms with E-state index < -0.39 is 14.6 Å². The molecule has 0 aliphatic carbocycles. The smallest absolute Gasteiger partial charge is 0.221 e. The fourth-order valence-electron chi connectivity index (χ4n) is 1.84. The Kier molecular flexibility index (Phi) is 5.16. The SMILES string of the molecule is CC(C)(CNC(=O)CC1CCCCN1)S(C)(=O)=O. The molecular formula is C12H24N2O3S. The third-order valence-electron chi connectivity index (χ3n) is 3.56. The maximum atomic E-state index is 11.7. The van der Waals surface area contributed by atoms with Crippen LogP contribution in [0.5, 0.6) is 0 Å². The molecule has 0 bridgehead atoms. The van der Waals surface area contributed by atoms with Gasteiger partial charge in [0.2, 0.25) is 5.91 Å².